The Morgan fingerprint density at radius 1 is 1.32 bits per heavy atom. The minimum atomic E-state index is 0.622. The molecule has 0 spiro atoms. The minimum Gasteiger partial charge on any atom is -0.399 e. The second-order valence-corrected chi connectivity index (χ2v) is 5.47. The number of nitrogens with zero attached hydrogens (tertiary/aromatic N) is 3. The third-order valence-corrected chi connectivity index (χ3v) is 3.69. The Bertz CT molecular complexity index is 530. The van der Waals surface area contributed by atoms with E-state index in [9.17, 15) is 0 Å². The molecule has 0 saturated carbocycles. The van der Waals surface area contributed by atoms with Crippen molar-refractivity contribution in [3.63, 3.8) is 0 Å². The van der Waals surface area contributed by atoms with Crippen molar-refractivity contribution in [1.29, 1.82) is 0 Å². The lowest BCUT2D eigenvalue weighted by atomic mass is 10.2. The molecule has 2 N–H and O–H groups in total. The van der Waals surface area contributed by atoms with Gasteiger partial charge in [0.25, 0.3) is 0 Å². The lowest BCUT2D eigenvalue weighted by Gasteiger charge is -2.20. The van der Waals surface area contributed by atoms with Crippen molar-refractivity contribution >= 4 is 16.7 Å². The predicted octanol–water partition coefficient (Wildman–Crippen LogP) is 2.74. The summed E-state index contributed by atoms with van der Waals surface area (Å²) in [5.74, 6) is 0. The molecule has 0 saturated heterocycles. The standard InChI is InChI=1S/C15H24N4/c1-12(2)18(3)8-4-5-9-19-11-17-14-10-13(16)6-7-15(14)19/h6-7,10-12H,4-5,8-9,16H2,1-3H3. The number of imidazole rings is 1. The van der Waals surface area contributed by atoms with E-state index in [1.165, 1.54) is 18.4 Å². The van der Waals surface area contributed by atoms with Gasteiger partial charge in [0.15, 0.2) is 0 Å². The van der Waals surface area contributed by atoms with Crippen molar-refractivity contribution < 1.29 is 0 Å². The fourth-order valence-electron chi connectivity index (χ4n) is 2.16. The quantitative estimate of drug-likeness (QED) is 0.641. The van der Waals surface area contributed by atoms with E-state index in [4.69, 9.17) is 5.73 Å². The molecule has 1 heterocycles. The molecule has 2 rings (SSSR count). The zero-order chi connectivity index (χ0) is 13.8. The summed E-state index contributed by atoms with van der Waals surface area (Å²) in [6.45, 7) is 6.63. The van der Waals surface area contributed by atoms with Gasteiger partial charge in [-0.15, -0.1) is 0 Å². The van der Waals surface area contributed by atoms with Gasteiger partial charge in [-0.3, -0.25) is 0 Å². The number of rotatable bonds is 6. The summed E-state index contributed by atoms with van der Waals surface area (Å²) < 4.78 is 2.21. The van der Waals surface area contributed by atoms with Crippen molar-refractivity contribution in [1.82, 2.24) is 14.5 Å². The van der Waals surface area contributed by atoms with Gasteiger partial charge in [-0.05, 0) is 58.5 Å². The SMILES string of the molecule is CC(C)N(C)CCCCn1cnc2cc(N)ccc21. The van der Waals surface area contributed by atoms with Gasteiger partial charge in [-0.1, -0.05) is 0 Å². The third-order valence-electron chi connectivity index (χ3n) is 3.69. The molecule has 0 unspecified atom stereocenters. The van der Waals surface area contributed by atoms with E-state index in [2.05, 4.69) is 41.4 Å². The van der Waals surface area contributed by atoms with Crippen molar-refractivity contribution in [2.45, 2.75) is 39.3 Å². The maximum atomic E-state index is 5.76. The van der Waals surface area contributed by atoms with Crippen LogP contribution in [-0.2, 0) is 6.54 Å². The predicted molar refractivity (Wildman–Crippen MR) is 81.1 cm³/mol. The fraction of sp³-hybridized carbons (Fsp3) is 0.533. The third kappa shape index (κ3) is 3.47. The van der Waals surface area contributed by atoms with E-state index in [0.29, 0.717) is 6.04 Å². The monoisotopic (exact) mass is 260 g/mol. The zero-order valence-electron chi connectivity index (χ0n) is 12.1. The molecule has 0 atom stereocenters. The van der Waals surface area contributed by atoms with Crippen molar-refractivity contribution in [3.05, 3.63) is 24.5 Å². The highest BCUT2D eigenvalue weighted by atomic mass is 15.1. The summed E-state index contributed by atoms with van der Waals surface area (Å²) in [6.07, 6.45) is 4.30. The van der Waals surface area contributed by atoms with Crippen LogP contribution >= 0.6 is 0 Å². The summed E-state index contributed by atoms with van der Waals surface area (Å²) in [7, 11) is 2.18. The van der Waals surface area contributed by atoms with E-state index in [-0.39, 0.29) is 0 Å². The minimum absolute atomic E-state index is 0.622. The number of nitrogen functional groups attached to an aromatic ring is 1. The van der Waals surface area contributed by atoms with Gasteiger partial charge in [-0.25, -0.2) is 4.98 Å². The second-order valence-electron chi connectivity index (χ2n) is 5.47. The molecule has 4 nitrogen and oxygen atoms in total. The Hall–Kier alpha value is -1.55. The van der Waals surface area contributed by atoms with Crippen LogP contribution in [0.15, 0.2) is 24.5 Å². The fourth-order valence-corrected chi connectivity index (χ4v) is 2.16. The van der Waals surface area contributed by atoms with Crippen molar-refractivity contribution in [2.24, 2.45) is 0 Å². The highest BCUT2D eigenvalue weighted by Gasteiger charge is 2.04. The Morgan fingerprint density at radius 2 is 2.11 bits per heavy atom. The average Bonchev–Trinajstić information content (AvgIpc) is 2.76. The van der Waals surface area contributed by atoms with Crippen LogP contribution in [-0.4, -0.2) is 34.1 Å². The van der Waals surface area contributed by atoms with Crippen LogP contribution in [0.1, 0.15) is 26.7 Å². The number of aromatic nitrogens is 2. The first-order chi connectivity index (χ1) is 9.08. The Morgan fingerprint density at radius 3 is 2.84 bits per heavy atom. The van der Waals surface area contributed by atoms with Crippen molar-refractivity contribution in [3.8, 4) is 0 Å². The molecule has 0 aliphatic carbocycles. The molecule has 1 aromatic carbocycles. The Balaban J connectivity index is 1.88. The second kappa shape index (κ2) is 6.06. The number of anilines is 1. The van der Waals surface area contributed by atoms with Crippen LogP contribution in [0.5, 0.6) is 0 Å². The summed E-state index contributed by atoms with van der Waals surface area (Å²) in [5, 5.41) is 0. The number of hydrogen-bond acceptors (Lipinski definition) is 3. The molecule has 104 valence electrons. The van der Waals surface area contributed by atoms with Crippen LogP contribution in [0.3, 0.4) is 0 Å². The average molecular weight is 260 g/mol. The molecule has 4 heteroatoms. The molecule has 0 aliphatic heterocycles. The number of aryl methyl sites for hydroxylation is 1. The molecule has 0 fully saturated rings. The lowest BCUT2D eigenvalue weighted by molar-refractivity contribution is 0.266. The van der Waals surface area contributed by atoms with Gasteiger partial charge in [0.2, 0.25) is 0 Å². The Kier molecular flexibility index (Phi) is 4.43. The molecule has 2 aromatic rings. The molecular weight excluding hydrogens is 236 g/mol. The maximum Gasteiger partial charge on any atom is 0.0958 e. The number of nitrogens with two attached hydrogens (primary N) is 1. The number of benzene rings is 1. The summed E-state index contributed by atoms with van der Waals surface area (Å²) in [6, 6.07) is 6.54. The van der Waals surface area contributed by atoms with Gasteiger partial charge in [0.1, 0.15) is 0 Å². The van der Waals surface area contributed by atoms with Gasteiger partial charge in [-0.2, -0.15) is 0 Å². The zero-order valence-corrected chi connectivity index (χ0v) is 12.1. The van der Waals surface area contributed by atoms with E-state index >= 15 is 0 Å². The van der Waals surface area contributed by atoms with Crippen LogP contribution in [0.25, 0.3) is 11.0 Å². The maximum absolute atomic E-state index is 5.76. The van der Waals surface area contributed by atoms with Gasteiger partial charge >= 0.3 is 0 Å². The molecular formula is C15H24N4. The van der Waals surface area contributed by atoms with Crippen LogP contribution < -0.4 is 5.73 Å². The molecule has 0 aliphatic rings. The van der Waals surface area contributed by atoms with Gasteiger partial charge in [0.05, 0.1) is 17.4 Å². The highest BCUT2D eigenvalue weighted by molar-refractivity contribution is 5.78. The van der Waals surface area contributed by atoms with Crippen LogP contribution in [0, 0.1) is 0 Å². The largest absolute Gasteiger partial charge is 0.399 e. The first-order valence-electron chi connectivity index (χ1n) is 6.98. The number of fused-ring (bicyclic) bond motifs is 1. The topological polar surface area (TPSA) is 47.1 Å². The summed E-state index contributed by atoms with van der Waals surface area (Å²) >= 11 is 0. The number of unbranched alkanes of at least 4 members (excludes halogenated alkanes) is 1. The number of hydrogen-bond donors (Lipinski definition) is 1. The van der Waals surface area contributed by atoms with Crippen LogP contribution in [0.2, 0.25) is 0 Å². The molecule has 0 amide bonds. The summed E-state index contributed by atoms with van der Waals surface area (Å²) in [5.41, 5.74) is 8.69. The Labute approximate surface area is 115 Å². The normalized spacial score (nSPS) is 11.8. The van der Waals surface area contributed by atoms with Gasteiger partial charge < -0.3 is 15.2 Å². The molecule has 1 aromatic heterocycles. The summed E-state index contributed by atoms with van der Waals surface area (Å²) in [4.78, 5) is 6.78. The van der Waals surface area contributed by atoms with Crippen molar-refractivity contribution in [2.75, 3.05) is 19.3 Å². The molecule has 0 bridgehead atoms. The highest BCUT2D eigenvalue weighted by Crippen LogP contribution is 2.16. The smallest absolute Gasteiger partial charge is 0.0958 e. The van der Waals surface area contributed by atoms with Gasteiger partial charge in [0, 0.05) is 18.3 Å². The molecule has 19 heavy (non-hydrogen) atoms. The van der Waals surface area contributed by atoms with E-state index in [1.807, 2.05) is 18.5 Å². The first kappa shape index (κ1) is 13.9. The first-order valence-corrected chi connectivity index (χ1v) is 6.98. The van der Waals surface area contributed by atoms with E-state index in [0.717, 1.165) is 24.3 Å². The lowest BCUT2D eigenvalue weighted by Crippen LogP contribution is -2.27. The van der Waals surface area contributed by atoms with E-state index < -0.39 is 0 Å². The molecule has 0 radical (unpaired) electrons. The van der Waals surface area contributed by atoms with E-state index in [1.54, 1.807) is 0 Å². The van der Waals surface area contributed by atoms with Crippen LogP contribution in [0.4, 0.5) is 5.69 Å².